The van der Waals surface area contributed by atoms with E-state index >= 15 is 0 Å². The summed E-state index contributed by atoms with van der Waals surface area (Å²) in [7, 11) is 0. The Kier molecular flexibility index (Phi) is 4.83. The number of amides is 1. The lowest BCUT2D eigenvalue weighted by Crippen LogP contribution is -2.51. The summed E-state index contributed by atoms with van der Waals surface area (Å²) in [5, 5.41) is 4.59. The summed E-state index contributed by atoms with van der Waals surface area (Å²) >= 11 is 11.5. The summed E-state index contributed by atoms with van der Waals surface area (Å²) in [5.41, 5.74) is 1.93. The molecule has 6 heteroatoms. The number of benzene rings is 1. The van der Waals surface area contributed by atoms with E-state index in [4.69, 9.17) is 23.8 Å². The molecule has 0 aliphatic carbocycles. The molecule has 0 unspecified atom stereocenters. The van der Waals surface area contributed by atoms with Crippen molar-refractivity contribution in [2.45, 2.75) is 13.8 Å². The first-order chi connectivity index (χ1) is 9.47. The number of nitrogens with zero attached hydrogens (tertiary/aromatic N) is 2. The van der Waals surface area contributed by atoms with E-state index in [0.717, 1.165) is 29.4 Å². The van der Waals surface area contributed by atoms with Gasteiger partial charge in [-0.15, -0.1) is 0 Å². The Morgan fingerprint density at radius 3 is 2.40 bits per heavy atom. The molecule has 2 rings (SSSR count). The van der Waals surface area contributed by atoms with Crippen LogP contribution in [0.25, 0.3) is 0 Å². The molecular weight excluding hydrogens is 294 g/mol. The van der Waals surface area contributed by atoms with E-state index in [0.29, 0.717) is 18.2 Å². The van der Waals surface area contributed by atoms with Crippen molar-refractivity contribution in [3.05, 3.63) is 28.8 Å². The topological polar surface area (TPSA) is 35.6 Å². The average molecular weight is 312 g/mol. The predicted molar refractivity (Wildman–Crippen MR) is 86.2 cm³/mol. The van der Waals surface area contributed by atoms with Crippen molar-refractivity contribution >= 4 is 40.5 Å². The minimum absolute atomic E-state index is 0.119. The summed E-state index contributed by atoms with van der Waals surface area (Å²) in [5.74, 6) is 0.119. The van der Waals surface area contributed by atoms with E-state index < -0.39 is 0 Å². The molecule has 0 bridgehead atoms. The van der Waals surface area contributed by atoms with Crippen molar-refractivity contribution in [1.29, 1.82) is 0 Å². The molecule has 1 aliphatic heterocycles. The molecule has 0 radical (unpaired) electrons. The van der Waals surface area contributed by atoms with Gasteiger partial charge in [0.05, 0.1) is 0 Å². The van der Waals surface area contributed by atoms with Gasteiger partial charge < -0.3 is 15.1 Å². The van der Waals surface area contributed by atoms with Crippen LogP contribution < -0.4 is 5.32 Å². The van der Waals surface area contributed by atoms with Crippen molar-refractivity contribution in [1.82, 2.24) is 9.80 Å². The molecule has 0 saturated carbocycles. The fourth-order valence-electron chi connectivity index (χ4n) is 2.10. The van der Waals surface area contributed by atoms with Gasteiger partial charge >= 0.3 is 0 Å². The van der Waals surface area contributed by atoms with E-state index in [-0.39, 0.29) is 5.91 Å². The normalized spacial score (nSPS) is 15.2. The number of hydrogen-bond acceptors (Lipinski definition) is 2. The summed E-state index contributed by atoms with van der Waals surface area (Å²) in [6.07, 6.45) is 0. The molecule has 0 aromatic heterocycles. The second-order valence-corrected chi connectivity index (χ2v) is 5.68. The van der Waals surface area contributed by atoms with E-state index in [1.807, 2.05) is 30.0 Å². The maximum Gasteiger partial charge on any atom is 0.219 e. The molecule has 0 atom stereocenters. The zero-order valence-electron chi connectivity index (χ0n) is 11.6. The number of thiocarbonyl (C=S) groups is 1. The number of halogens is 1. The quantitative estimate of drug-likeness (QED) is 0.808. The van der Waals surface area contributed by atoms with E-state index in [2.05, 4.69) is 10.2 Å². The lowest BCUT2D eigenvalue weighted by molar-refractivity contribution is -0.130. The van der Waals surface area contributed by atoms with Crippen LogP contribution in [0.15, 0.2) is 18.2 Å². The molecule has 1 saturated heterocycles. The molecule has 4 nitrogen and oxygen atoms in total. The van der Waals surface area contributed by atoms with Gasteiger partial charge in [0.25, 0.3) is 0 Å². The largest absolute Gasteiger partial charge is 0.345 e. The molecule has 108 valence electrons. The third kappa shape index (κ3) is 3.61. The first kappa shape index (κ1) is 15.1. The highest BCUT2D eigenvalue weighted by molar-refractivity contribution is 7.80. The zero-order valence-corrected chi connectivity index (χ0v) is 13.2. The number of carbonyl (C=O) groups excluding carboxylic acids is 1. The monoisotopic (exact) mass is 311 g/mol. The van der Waals surface area contributed by atoms with Crippen molar-refractivity contribution in [2.75, 3.05) is 31.5 Å². The molecule has 0 spiro atoms. The van der Waals surface area contributed by atoms with Gasteiger partial charge in [0.15, 0.2) is 5.11 Å². The summed E-state index contributed by atoms with van der Waals surface area (Å²) in [4.78, 5) is 15.2. The van der Waals surface area contributed by atoms with E-state index in [1.165, 1.54) is 0 Å². The average Bonchev–Trinajstić information content (AvgIpc) is 2.43. The Morgan fingerprint density at radius 2 is 1.85 bits per heavy atom. The second-order valence-electron chi connectivity index (χ2n) is 4.89. The molecule has 1 aliphatic rings. The lowest BCUT2D eigenvalue weighted by Gasteiger charge is -2.35. The standard InChI is InChI=1S/C14H18ClN3OS/c1-10-3-4-12(9-13(10)15)16-14(20)18-7-5-17(6-8-18)11(2)19/h3-4,9H,5-8H2,1-2H3,(H,16,20). The molecule has 1 heterocycles. The van der Waals surface area contributed by atoms with Gasteiger partial charge in [-0.25, -0.2) is 0 Å². The first-order valence-corrected chi connectivity index (χ1v) is 7.33. The highest BCUT2D eigenvalue weighted by Crippen LogP contribution is 2.20. The maximum atomic E-state index is 11.3. The molecular formula is C14H18ClN3OS. The number of aryl methyl sites for hydroxylation is 1. The summed E-state index contributed by atoms with van der Waals surface area (Å²) in [6, 6.07) is 5.79. The van der Waals surface area contributed by atoms with Crippen molar-refractivity contribution in [3.63, 3.8) is 0 Å². The first-order valence-electron chi connectivity index (χ1n) is 6.55. The SMILES string of the molecule is CC(=O)N1CCN(C(=S)Nc2ccc(C)c(Cl)c2)CC1. The Hall–Kier alpha value is -1.33. The van der Waals surface area contributed by atoms with Gasteiger partial charge in [-0.05, 0) is 36.8 Å². The minimum atomic E-state index is 0.119. The van der Waals surface area contributed by atoms with Gasteiger partial charge in [0.1, 0.15) is 0 Å². The third-order valence-electron chi connectivity index (χ3n) is 3.44. The second kappa shape index (κ2) is 6.41. The van der Waals surface area contributed by atoms with Crippen LogP contribution in [0.1, 0.15) is 12.5 Å². The summed E-state index contributed by atoms with van der Waals surface area (Å²) < 4.78 is 0. The van der Waals surface area contributed by atoms with Crippen LogP contribution in [-0.4, -0.2) is 47.0 Å². The lowest BCUT2D eigenvalue weighted by atomic mass is 10.2. The fourth-order valence-corrected chi connectivity index (χ4v) is 2.58. The maximum absolute atomic E-state index is 11.3. The number of piperazine rings is 1. The van der Waals surface area contributed by atoms with Crippen molar-refractivity contribution < 1.29 is 4.79 Å². The van der Waals surface area contributed by atoms with Gasteiger partial charge in [-0.2, -0.15) is 0 Å². The highest BCUT2D eigenvalue weighted by Gasteiger charge is 2.20. The Morgan fingerprint density at radius 1 is 1.25 bits per heavy atom. The van der Waals surface area contributed by atoms with Gasteiger partial charge in [0, 0.05) is 43.8 Å². The molecule has 1 fully saturated rings. The zero-order chi connectivity index (χ0) is 14.7. The van der Waals surface area contributed by atoms with E-state index in [9.17, 15) is 4.79 Å². The molecule has 20 heavy (non-hydrogen) atoms. The van der Waals surface area contributed by atoms with Crippen LogP contribution >= 0.6 is 23.8 Å². The Labute approximate surface area is 129 Å². The van der Waals surface area contributed by atoms with Crippen molar-refractivity contribution in [2.24, 2.45) is 0 Å². The number of rotatable bonds is 1. The number of anilines is 1. The van der Waals surface area contributed by atoms with Crippen LogP contribution in [0.4, 0.5) is 5.69 Å². The fraction of sp³-hybridized carbons (Fsp3) is 0.429. The van der Waals surface area contributed by atoms with E-state index in [1.54, 1.807) is 6.92 Å². The Bertz CT molecular complexity index is 527. The molecule has 1 amide bonds. The smallest absolute Gasteiger partial charge is 0.219 e. The van der Waals surface area contributed by atoms with Gasteiger partial charge in [0.2, 0.25) is 5.91 Å². The van der Waals surface area contributed by atoms with Crippen LogP contribution in [0.2, 0.25) is 5.02 Å². The van der Waals surface area contributed by atoms with Crippen LogP contribution in [0, 0.1) is 6.92 Å². The minimum Gasteiger partial charge on any atom is -0.345 e. The molecule has 1 aromatic rings. The van der Waals surface area contributed by atoms with Crippen LogP contribution in [-0.2, 0) is 4.79 Å². The van der Waals surface area contributed by atoms with Gasteiger partial charge in [-0.1, -0.05) is 17.7 Å². The number of carbonyl (C=O) groups is 1. The molecule has 1 aromatic carbocycles. The number of hydrogen-bond donors (Lipinski definition) is 1. The highest BCUT2D eigenvalue weighted by atomic mass is 35.5. The molecule has 1 N–H and O–H groups in total. The third-order valence-corrected chi connectivity index (χ3v) is 4.20. The van der Waals surface area contributed by atoms with Crippen LogP contribution in [0.5, 0.6) is 0 Å². The predicted octanol–water partition coefficient (Wildman–Crippen LogP) is 2.51. The van der Waals surface area contributed by atoms with Crippen molar-refractivity contribution in [3.8, 4) is 0 Å². The van der Waals surface area contributed by atoms with Crippen LogP contribution in [0.3, 0.4) is 0 Å². The number of nitrogens with one attached hydrogen (secondary N) is 1. The summed E-state index contributed by atoms with van der Waals surface area (Å²) in [6.45, 7) is 6.50. The Balaban J connectivity index is 1.92. The van der Waals surface area contributed by atoms with Gasteiger partial charge in [-0.3, -0.25) is 4.79 Å².